The van der Waals surface area contributed by atoms with Crippen molar-refractivity contribution < 1.29 is 9.53 Å². The Labute approximate surface area is 98.3 Å². The summed E-state index contributed by atoms with van der Waals surface area (Å²) in [5.41, 5.74) is -0.462. The van der Waals surface area contributed by atoms with Gasteiger partial charge in [-0.25, -0.2) is 0 Å². The van der Waals surface area contributed by atoms with Crippen molar-refractivity contribution in [1.82, 2.24) is 10.2 Å². The number of nitrogens with one attached hydrogen (secondary N) is 1. The molecule has 1 heterocycles. The van der Waals surface area contributed by atoms with Crippen LogP contribution in [0.5, 0.6) is 0 Å². The molecule has 1 fully saturated rings. The molecule has 4 nitrogen and oxygen atoms in total. The van der Waals surface area contributed by atoms with Gasteiger partial charge in [0.15, 0.2) is 0 Å². The Hall–Kier alpha value is -0.610. The molecule has 0 aromatic carbocycles. The summed E-state index contributed by atoms with van der Waals surface area (Å²) in [4.78, 5) is 14.2. The number of nitrogens with zero attached hydrogens (tertiary/aromatic N) is 1. The zero-order valence-corrected chi connectivity index (χ0v) is 10.9. The van der Waals surface area contributed by atoms with Gasteiger partial charge in [-0.1, -0.05) is 6.92 Å². The number of carbonyl (C=O) groups is 1. The van der Waals surface area contributed by atoms with Gasteiger partial charge in [0.25, 0.3) is 0 Å². The molecule has 94 valence electrons. The average Bonchev–Trinajstić information content (AvgIpc) is 2.30. The summed E-state index contributed by atoms with van der Waals surface area (Å²) in [5, 5.41) is 3.39. The third kappa shape index (κ3) is 2.74. The van der Waals surface area contributed by atoms with Crippen molar-refractivity contribution in [1.29, 1.82) is 0 Å². The number of hydrogen-bond acceptors (Lipinski definition) is 4. The number of carbonyl (C=O) groups excluding carboxylic acids is 1. The molecule has 2 atom stereocenters. The molecular formula is C12H24N2O2. The Kier molecular flexibility index (Phi) is 4.74. The van der Waals surface area contributed by atoms with E-state index in [0.29, 0.717) is 6.04 Å². The number of rotatable bonds is 4. The van der Waals surface area contributed by atoms with E-state index in [2.05, 4.69) is 31.1 Å². The Morgan fingerprint density at radius 2 is 2.31 bits per heavy atom. The van der Waals surface area contributed by atoms with Crippen molar-refractivity contribution in [3.63, 3.8) is 0 Å². The van der Waals surface area contributed by atoms with E-state index in [1.807, 2.05) is 0 Å². The van der Waals surface area contributed by atoms with Gasteiger partial charge in [0, 0.05) is 12.6 Å². The second kappa shape index (κ2) is 5.64. The molecule has 0 aromatic rings. The molecule has 4 heteroatoms. The van der Waals surface area contributed by atoms with Gasteiger partial charge in [-0.2, -0.15) is 0 Å². The highest BCUT2D eigenvalue weighted by Gasteiger charge is 2.43. The maximum atomic E-state index is 11.9. The van der Waals surface area contributed by atoms with Crippen LogP contribution in [0.25, 0.3) is 0 Å². The summed E-state index contributed by atoms with van der Waals surface area (Å²) in [6.45, 7) is 6.07. The van der Waals surface area contributed by atoms with E-state index >= 15 is 0 Å². The maximum Gasteiger partial charge on any atom is 0.326 e. The minimum atomic E-state index is -0.462. The van der Waals surface area contributed by atoms with Crippen molar-refractivity contribution in [2.45, 2.75) is 44.7 Å². The van der Waals surface area contributed by atoms with Crippen LogP contribution >= 0.6 is 0 Å². The molecule has 2 unspecified atom stereocenters. The molecule has 0 saturated carbocycles. The summed E-state index contributed by atoms with van der Waals surface area (Å²) >= 11 is 0. The zero-order chi connectivity index (χ0) is 12.2. The van der Waals surface area contributed by atoms with Crippen molar-refractivity contribution in [2.75, 3.05) is 27.2 Å². The fourth-order valence-electron chi connectivity index (χ4n) is 2.33. The molecule has 1 saturated heterocycles. The normalized spacial score (nSPS) is 31.4. The highest BCUT2D eigenvalue weighted by molar-refractivity contribution is 5.81. The summed E-state index contributed by atoms with van der Waals surface area (Å²) in [7, 11) is 3.58. The molecule has 1 aliphatic heterocycles. The number of esters is 1. The molecule has 0 spiro atoms. The van der Waals surface area contributed by atoms with Crippen LogP contribution in [0.2, 0.25) is 0 Å². The Morgan fingerprint density at radius 1 is 1.62 bits per heavy atom. The molecular weight excluding hydrogens is 204 g/mol. The summed E-state index contributed by atoms with van der Waals surface area (Å²) in [5.74, 6) is -0.110. The van der Waals surface area contributed by atoms with Gasteiger partial charge in [0.1, 0.15) is 5.54 Å². The third-order valence-electron chi connectivity index (χ3n) is 3.58. The van der Waals surface area contributed by atoms with Gasteiger partial charge in [-0.3, -0.25) is 4.79 Å². The van der Waals surface area contributed by atoms with E-state index in [1.165, 1.54) is 7.11 Å². The standard InChI is InChI=1S/C12H24N2O2/c1-5-7-13-12(11(15)16-4)6-8-14(3)10(2)9-12/h10,13H,5-9H2,1-4H3. The maximum absolute atomic E-state index is 11.9. The predicted octanol–water partition coefficient (Wildman–Crippen LogP) is 1.01. The lowest BCUT2D eigenvalue weighted by Crippen LogP contribution is -2.60. The molecule has 1 rings (SSSR count). The van der Waals surface area contributed by atoms with Gasteiger partial charge in [-0.05, 0) is 39.8 Å². The Balaban J connectivity index is 2.75. The predicted molar refractivity (Wildman–Crippen MR) is 64.4 cm³/mol. The average molecular weight is 228 g/mol. The topological polar surface area (TPSA) is 41.6 Å². The summed E-state index contributed by atoms with van der Waals surface area (Å²) in [6, 6.07) is 0.414. The molecule has 0 radical (unpaired) electrons. The van der Waals surface area contributed by atoms with Crippen LogP contribution in [0.4, 0.5) is 0 Å². The molecule has 1 N–H and O–H groups in total. The fraction of sp³-hybridized carbons (Fsp3) is 0.917. The van der Waals surface area contributed by atoms with Crippen molar-refractivity contribution in [3.05, 3.63) is 0 Å². The summed E-state index contributed by atoms with van der Waals surface area (Å²) < 4.78 is 4.95. The number of likely N-dealkylation sites (tertiary alicyclic amines) is 1. The molecule has 0 amide bonds. The first kappa shape index (κ1) is 13.5. The van der Waals surface area contributed by atoms with E-state index < -0.39 is 5.54 Å². The smallest absolute Gasteiger partial charge is 0.326 e. The van der Waals surface area contributed by atoms with Crippen LogP contribution in [0.1, 0.15) is 33.1 Å². The van der Waals surface area contributed by atoms with E-state index in [-0.39, 0.29) is 5.97 Å². The first-order chi connectivity index (χ1) is 7.55. The van der Waals surface area contributed by atoms with E-state index in [9.17, 15) is 4.79 Å². The number of piperidine rings is 1. The minimum absolute atomic E-state index is 0.110. The zero-order valence-electron chi connectivity index (χ0n) is 10.9. The summed E-state index contributed by atoms with van der Waals surface area (Å²) in [6.07, 6.45) is 2.69. The van der Waals surface area contributed by atoms with Crippen LogP contribution in [-0.2, 0) is 9.53 Å². The molecule has 0 bridgehead atoms. The van der Waals surface area contributed by atoms with Gasteiger partial charge in [0.2, 0.25) is 0 Å². The quantitative estimate of drug-likeness (QED) is 0.729. The highest BCUT2D eigenvalue weighted by Crippen LogP contribution is 2.27. The van der Waals surface area contributed by atoms with Gasteiger partial charge in [0.05, 0.1) is 7.11 Å². The lowest BCUT2D eigenvalue weighted by atomic mass is 9.83. The first-order valence-electron chi connectivity index (χ1n) is 6.09. The van der Waals surface area contributed by atoms with Gasteiger partial charge >= 0.3 is 5.97 Å². The minimum Gasteiger partial charge on any atom is -0.468 e. The second-order valence-corrected chi connectivity index (χ2v) is 4.78. The van der Waals surface area contributed by atoms with E-state index in [0.717, 1.165) is 32.4 Å². The van der Waals surface area contributed by atoms with Gasteiger partial charge in [-0.15, -0.1) is 0 Å². The van der Waals surface area contributed by atoms with Crippen LogP contribution in [-0.4, -0.2) is 49.7 Å². The van der Waals surface area contributed by atoms with E-state index in [4.69, 9.17) is 4.74 Å². The number of methoxy groups -OCH3 is 1. The highest BCUT2D eigenvalue weighted by atomic mass is 16.5. The SMILES string of the molecule is CCCNC1(C(=O)OC)CCN(C)C(C)C1. The Morgan fingerprint density at radius 3 is 2.81 bits per heavy atom. The fourth-order valence-corrected chi connectivity index (χ4v) is 2.33. The van der Waals surface area contributed by atoms with Crippen LogP contribution in [0.15, 0.2) is 0 Å². The molecule has 16 heavy (non-hydrogen) atoms. The second-order valence-electron chi connectivity index (χ2n) is 4.78. The van der Waals surface area contributed by atoms with Crippen LogP contribution in [0, 0.1) is 0 Å². The lowest BCUT2D eigenvalue weighted by molar-refractivity contribution is -0.151. The van der Waals surface area contributed by atoms with Crippen molar-refractivity contribution >= 4 is 5.97 Å². The van der Waals surface area contributed by atoms with E-state index in [1.54, 1.807) is 0 Å². The molecule has 0 aliphatic carbocycles. The van der Waals surface area contributed by atoms with Gasteiger partial charge < -0.3 is 15.0 Å². The van der Waals surface area contributed by atoms with Crippen LogP contribution < -0.4 is 5.32 Å². The molecule has 0 aromatic heterocycles. The van der Waals surface area contributed by atoms with Crippen molar-refractivity contribution in [3.8, 4) is 0 Å². The molecule has 1 aliphatic rings. The number of hydrogen-bond donors (Lipinski definition) is 1. The first-order valence-corrected chi connectivity index (χ1v) is 6.09. The van der Waals surface area contributed by atoms with Crippen LogP contribution in [0.3, 0.4) is 0 Å². The number of ether oxygens (including phenoxy) is 1. The lowest BCUT2D eigenvalue weighted by Gasteiger charge is -2.42. The Bertz CT molecular complexity index is 241. The third-order valence-corrected chi connectivity index (χ3v) is 3.58. The monoisotopic (exact) mass is 228 g/mol. The van der Waals surface area contributed by atoms with Crippen molar-refractivity contribution in [2.24, 2.45) is 0 Å². The largest absolute Gasteiger partial charge is 0.468 e.